The Hall–Kier alpha value is -1.68. The zero-order chi connectivity index (χ0) is 15.6. The van der Waals surface area contributed by atoms with Crippen LogP contribution in [0.4, 0.5) is 0 Å². The highest BCUT2D eigenvalue weighted by Crippen LogP contribution is 2.07. The molecule has 0 unspecified atom stereocenters. The highest BCUT2D eigenvalue weighted by molar-refractivity contribution is 5.15. The summed E-state index contributed by atoms with van der Waals surface area (Å²) in [6, 6.07) is 21.1. The van der Waals surface area contributed by atoms with E-state index in [1.165, 1.54) is 11.1 Å². The van der Waals surface area contributed by atoms with Crippen molar-refractivity contribution in [3.8, 4) is 0 Å². The quantitative estimate of drug-likeness (QED) is 0.658. The fraction of sp³-hybridized carbons (Fsp3) is 0.368. The predicted molar refractivity (Wildman–Crippen MR) is 91.3 cm³/mol. The summed E-state index contributed by atoms with van der Waals surface area (Å²) < 4.78 is 0. The van der Waals surface area contributed by atoms with Gasteiger partial charge in [0.1, 0.15) is 0 Å². The zero-order valence-corrected chi connectivity index (χ0v) is 13.6. The molecular formula is C19H26N2O. The van der Waals surface area contributed by atoms with Crippen molar-refractivity contribution in [2.45, 2.75) is 20.0 Å². The van der Waals surface area contributed by atoms with Crippen LogP contribution in [0.2, 0.25) is 0 Å². The average Bonchev–Trinajstić information content (AvgIpc) is 2.59. The Bertz CT molecular complexity index is 466. The maximum atomic E-state index is 5.51. The summed E-state index contributed by atoms with van der Waals surface area (Å²) in [6.07, 6.45) is 0. The third kappa shape index (κ3) is 5.60. The average molecular weight is 298 g/mol. The lowest BCUT2D eigenvalue weighted by Crippen LogP contribution is -2.34. The van der Waals surface area contributed by atoms with Crippen LogP contribution in [0.3, 0.4) is 0 Å². The molecule has 0 aliphatic rings. The molecule has 0 saturated carbocycles. The van der Waals surface area contributed by atoms with E-state index >= 15 is 0 Å². The van der Waals surface area contributed by atoms with Crippen LogP contribution in [0, 0.1) is 0 Å². The molecule has 3 heteroatoms. The van der Waals surface area contributed by atoms with Gasteiger partial charge in [0.2, 0.25) is 0 Å². The monoisotopic (exact) mass is 298 g/mol. The van der Waals surface area contributed by atoms with Crippen molar-refractivity contribution in [2.75, 3.05) is 26.7 Å². The van der Waals surface area contributed by atoms with E-state index in [0.29, 0.717) is 0 Å². The number of rotatable bonds is 9. The van der Waals surface area contributed by atoms with Crippen LogP contribution in [0.15, 0.2) is 60.7 Å². The minimum absolute atomic E-state index is 0.820. The maximum absolute atomic E-state index is 5.51. The van der Waals surface area contributed by atoms with Crippen LogP contribution >= 0.6 is 0 Å². The number of hydroxylamine groups is 2. The molecule has 0 radical (unpaired) electrons. The molecule has 0 atom stereocenters. The van der Waals surface area contributed by atoms with Gasteiger partial charge in [0.25, 0.3) is 0 Å². The molecular weight excluding hydrogens is 272 g/mol. The zero-order valence-electron chi connectivity index (χ0n) is 13.6. The lowest BCUT2D eigenvalue weighted by molar-refractivity contribution is -0.141. The molecule has 0 aliphatic heterocycles. The summed E-state index contributed by atoms with van der Waals surface area (Å²) in [6.45, 7) is 6.94. The van der Waals surface area contributed by atoms with Crippen LogP contribution in [0.1, 0.15) is 18.1 Å². The maximum Gasteiger partial charge on any atom is 0.0575 e. The van der Waals surface area contributed by atoms with Gasteiger partial charge in [-0.25, -0.2) is 0 Å². The van der Waals surface area contributed by atoms with E-state index in [9.17, 15) is 0 Å². The molecule has 0 aliphatic carbocycles. The molecule has 2 rings (SSSR count). The number of hydrogen-bond donors (Lipinski definition) is 0. The van der Waals surface area contributed by atoms with Crippen LogP contribution in [-0.2, 0) is 17.9 Å². The third-order valence-electron chi connectivity index (χ3n) is 3.82. The van der Waals surface area contributed by atoms with Gasteiger partial charge in [0, 0.05) is 26.2 Å². The van der Waals surface area contributed by atoms with Crippen LogP contribution in [0.25, 0.3) is 0 Å². The Morgan fingerprint density at radius 1 is 0.773 bits per heavy atom. The topological polar surface area (TPSA) is 15.7 Å². The summed E-state index contributed by atoms with van der Waals surface area (Å²) in [5, 5.41) is 2.02. The summed E-state index contributed by atoms with van der Waals surface area (Å²) in [7, 11) is 1.75. The lowest BCUT2D eigenvalue weighted by Gasteiger charge is -2.25. The van der Waals surface area contributed by atoms with E-state index in [0.717, 1.165) is 32.7 Å². The van der Waals surface area contributed by atoms with Crippen molar-refractivity contribution in [3.05, 3.63) is 71.8 Å². The molecule has 0 bridgehead atoms. The fourth-order valence-corrected chi connectivity index (χ4v) is 2.47. The summed E-state index contributed by atoms with van der Waals surface area (Å²) in [4.78, 5) is 7.94. The first-order chi connectivity index (χ1) is 10.8. The lowest BCUT2D eigenvalue weighted by atomic mass is 10.2. The van der Waals surface area contributed by atoms with Gasteiger partial charge in [0.05, 0.1) is 7.11 Å². The Kier molecular flexibility index (Phi) is 7.10. The van der Waals surface area contributed by atoms with Crippen LogP contribution in [-0.4, -0.2) is 36.7 Å². The van der Waals surface area contributed by atoms with Crippen LogP contribution in [0.5, 0.6) is 0 Å². The van der Waals surface area contributed by atoms with Gasteiger partial charge < -0.3 is 4.84 Å². The molecule has 0 aromatic heterocycles. The van der Waals surface area contributed by atoms with Crippen molar-refractivity contribution in [1.29, 1.82) is 0 Å². The Balaban J connectivity index is 1.83. The molecule has 2 aromatic carbocycles. The highest BCUT2D eigenvalue weighted by atomic mass is 16.7. The molecule has 0 heterocycles. The van der Waals surface area contributed by atoms with E-state index in [1.807, 2.05) is 11.1 Å². The molecule has 22 heavy (non-hydrogen) atoms. The van der Waals surface area contributed by atoms with Crippen molar-refractivity contribution in [3.63, 3.8) is 0 Å². The highest BCUT2D eigenvalue weighted by Gasteiger charge is 2.09. The number of likely N-dealkylation sites (N-methyl/N-ethyl adjacent to an activating group) is 1. The van der Waals surface area contributed by atoms with E-state index in [2.05, 4.69) is 66.4 Å². The minimum atomic E-state index is 0.820. The van der Waals surface area contributed by atoms with E-state index in [1.54, 1.807) is 7.11 Å². The molecule has 118 valence electrons. The first-order valence-corrected chi connectivity index (χ1v) is 7.91. The van der Waals surface area contributed by atoms with Gasteiger partial charge in [-0.1, -0.05) is 67.6 Å². The van der Waals surface area contributed by atoms with Gasteiger partial charge in [-0.05, 0) is 17.7 Å². The molecule has 0 saturated heterocycles. The standard InChI is InChI=1S/C19H26N2O/c1-3-20(16-18-10-6-4-7-11-18)14-15-21(22-2)17-19-12-8-5-9-13-19/h4-13H,3,14-17H2,1-2H3. The summed E-state index contributed by atoms with van der Waals surface area (Å²) in [5.74, 6) is 0. The van der Waals surface area contributed by atoms with Crippen molar-refractivity contribution in [1.82, 2.24) is 9.96 Å². The summed E-state index contributed by atoms with van der Waals surface area (Å²) in [5.41, 5.74) is 2.63. The Labute approximate surface area is 134 Å². The van der Waals surface area contributed by atoms with E-state index in [4.69, 9.17) is 4.84 Å². The van der Waals surface area contributed by atoms with Gasteiger partial charge >= 0.3 is 0 Å². The van der Waals surface area contributed by atoms with Crippen molar-refractivity contribution in [2.24, 2.45) is 0 Å². The third-order valence-corrected chi connectivity index (χ3v) is 3.82. The second-order valence-corrected chi connectivity index (χ2v) is 5.39. The van der Waals surface area contributed by atoms with Crippen LogP contribution < -0.4 is 0 Å². The number of hydrogen-bond acceptors (Lipinski definition) is 3. The Morgan fingerprint density at radius 3 is 1.82 bits per heavy atom. The largest absolute Gasteiger partial charge is 0.302 e. The molecule has 0 N–H and O–H groups in total. The van der Waals surface area contributed by atoms with Gasteiger partial charge in [-0.15, -0.1) is 0 Å². The van der Waals surface area contributed by atoms with Gasteiger partial charge in [0.15, 0.2) is 0 Å². The van der Waals surface area contributed by atoms with Gasteiger partial charge in [-0.2, -0.15) is 5.06 Å². The molecule has 0 fully saturated rings. The van der Waals surface area contributed by atoms with Crippen molar-refractivity contribution < 1.29 is 4.84 Å². The number of nitrogens with zero attached hydrogens (tertiary/aromatic N) is 2. The molecule has 0 amide bonds. The minimum Gasteiger partial charge on any atom is -0.302 e. The number of benzene rings is 2. The Morgan fingerprint density at radius 2 is 1.32 bits per heavy atom. The predicted octanol–water partition coefficient (Wildman–Crippen LogP) is 3.57. The van der Waals surface area contributed by atoms with Crippen molar-refractivity contribution >= 4 is 0 Å². The first-order valence-electron chi connectivity index (χ1n) is 7.91. The second-order valence-electron chi connectivity index (χ2n) is 5.39. The van der Waals surface area contributed by atoms with E-state index < -0.39 is 0 Å². The fourth-order valence-electron chi connectivity index (χ4n) is 2.47. The molecule has 3 nitrogen and oxygen atoms in total. The van der Waals surface area contributed by atoms with Gasteiger partial charge in [-0.3, -0.25) is 4.90 Å². The normalized spacial score (nSPS) is 11.3. The van der Waals surface area contributed by atoms with E-state index in [-0.39, 0.29) is 0 Å². The summed E-state index contributed by atoms with van der Waals surface area (Å²) >= 11 is 0. The second kappa shape index (κ2) is 9.36. The molecule has 0 spiro atoms. The first kappa shape index (κ1) is 16.7. The smallest absolute Gasteiger partial charge is 0.0575 e. The SMILES string of the molecule is CCN(CCN(Cc1ccccc1)OC)Cc1ccccc1. The molecule has 2 aromatic rings.